The zero-order chi connectivity index (χ0) is 23.0. The van der Waals surface area contributed by atoms with Crippen molar-refractivity contribution in [3.8, 4) is 11.4 Å². The first-order chi connectivity index (χ1) is 16.1. The highest BCUT2D eigenvalue weighted by Crippen LogP contribution is 2.25. The van der Waals surface area contributed by atoms with Gasteiger partial charge >= 0.3 is 0 Å². The van der Waals surface area contributed by atoms with Crippen molar-refractivity contribution in [1.82, 2.24) is 25.0 Å². The molecule has 174 valence electrons. The first-order valence-corrected chi connectivity index (χ1v) is 12.4. The van der Waals surface area contributed by atoms with Gasteiger partial charge < -0.3 is 14.6 Å². The molecule has 0 spiro atoms. The second-order valence-electron chi connectivity index (χ2n) is 7.86. The quantitative estimate of drug-likeness (QED) is 0.466. The molecule has 0 bridgehead atoms. The molecule has 4 rings (SSSR count). The Kier molecular flexibility index (Phi) is 8.39. The Morgan fingerprint density at radius 2 is 1.97 bits per heavy atom. The number of carbonyl (C=O) groups is 1. The van der Waals surface area contributed by atoms with Crippen molar-refractivity contribution < 1.29 is 9.53 Å². The lowest BCUT2D eigenvalue weighted by Crippen LogP contribution is -2.47. The number of thioether (sulfide) groups is 1. The molecule has 1 unspecified atom stereocenters. The number of hydrogen-bond donors (Lipinski definition) is 1. The third-order valence-electron chi connectivity index (χ3n) is 5.47. The van der Waals surface area contributed by atoms with E-state index >= 15 is 0 Å². The van der Waals surface area contributed by atoms with Gasteiger partial charge in [0.15, 0.2) is 11.0 Å². The van der Waals surface area contributed by atoms with Crippen molar-refractivity contribution >= 4 is 29.3 Å². The Labute approximate surface area is 203 Å². The summed E-state index contributed by atoms with van der Waals surface area (Å²) in [7, 11) is 0. The van der Waals surface area contributed by atoms with Crippen LogP contribution in [0.15, 0.2) is 59.8 Å². The summed E-state index contributed by atoms with van der Waals surface area (Å²) in [6.45, 7) is 6.52. The zero-order valence-electron chi connectivity index (χ0n) is 18.6. The van der Waals surface area contributed by atoms with Gasteiger partial charge in [0.2, 0.25) is 5.91 Å². The maximum atomic E-state index is 12.5. The fourth-order valence-electron chi connectivity index (χ4n) is 3.79. The minimum atomic E-state index is -0.0394. The van der Waals surface area contributed by atoms with Gasteiger partial charge in [-0.3, -0.25) is 9.69 Å². The normalized spacial score (nSPS) is 16.6. The molecule has 9 heteroatoms. The summed E-state index contributed by atoms with van der Waals surface area (Å²) >= 11 is 7.38. The third kappa shape index (κ3) is 6.57. The number of amides is 1. The molecule has 1 aliphatic heterocycles. The number of morpholine rings is 1. The largest absolute Gasteiger partial charge is 0.374 e. The monoisotopic (exact) mass is 485 g/mol. The summed E-state index contributed by atoms with van der Waals surface area (Å²) < 4.78 is 7.86. The average Bonchev–Trinajstić information content (AvgIpc) is 3.26. The van der Waals surface area contributed by atoms with Gasteiger partial charge in [-0.1, -0.05) is 53.7 Å². The van der Waals surface area contributed by atoms with Crippen LogP contribution >= 0.6 is 23.4 Å². The van der Waals surface area contributed by atoms with Crippen LogP contribution < -0.4 is 5.32 Å². The lowest BCUT2D eigenvalue weighted by Gasteiger charge is -2.33. The van der Waals surface area contributed by atoms with E-state index in [1.54, 1.807) is 0 Å². The summed E-state index contributed by atoms with van der Waals surface area (Å²) in [5, 5.41) is 13.0. The summed E-state index contributed by atoms with van der Waals surface area (Å²) in [6.07, 6.45) is -0.00721. The molecule has 1 atom stereocenters. The molecule has 1 aliphatic rings. The topological polar surface area (TPSA) is 72.3 Å². The molecule has 33 heavy (non-hydrogen) atoms. The number of aromatic nitrogens is 3. The number of ether oxygens (including phenoxy) is 1. The summed E-state index contributed by atoms with van der Waals surface area (Å²) in [5.74, 6) is 1.01. The number of hydrogen-bond acceptors (Lipinski definition) is 6. The van der Waals surface area contributed by atoms with Crippen molar-refractivity contribution in [1.29, 1.82) is 0 Å². The predicted molar refractivity (Wildman–Crippen MR) is 131 cm³/mol. The van der Waals surface area contributed by atoms with Gasteiger partial charge in [-0.05, 0) is 36.8 Å². The Hall–Kier alpha value is -2.39. The Morgan fingerprint density at radius 3 is 2.73 bits per heavy atom. The molecule has 0 radical (unpaired) electrons. The second kappa shape index (κ2) is 11.7. The van der Waals surface area contributed by atoms with Crippen LogP contribution in [-0.4, -0.2) is 63.7 Å². The van der Waals surface area contributed by atoms with E-state index in [0.717, 1.165) is 36.2 Å². The van der Waals surface area contributed by atoms with E-state index in [1.165, 1.54) is 17.3 Å². The minimum Gasteiger partial charge on any atom is -0.374 e. The van der Waals surface area contributed by atoms with Crippen LogP contribution in [0.25, 0.3) is 11.4 Å². The highest BCUT2D eigenvalue weighted by Gasteiger charge is 2.21. The van der Waals surface area contributed by atoms with E-state index in [1.807, 2.05) is 41.8 Å². The van der Waals surface area contributed by atoms with Gasteiger partial charge in [0.05, 0.1) is 18.5 Å². The van der Waals surface area contributed by atoms with Crippen molar-refractivity contribution in [2.75, 3.05) is 32.0 Å². The second-order valence-corrected chi connectivity index (χ2v) is 9.24. The van der Waals surface area contributed by atoms with Crippen LogP contribution in [0.4, 0.5) is 0 Å². The minimum absolute atomic E-state index is 0.00721. The van der Waals surface area contributed by atoms with Gasteiger partial charge in [-0.2, -0.15) is 0 Å². The smallest absolute Gasteiger partial charge is 0.230 e. The Balaban J connectivity index is 1.25. The lowest BCUT2D eigenvalue weighted by atomic mass is 10.2. The van der Waals surface area contributed by atoms with Crippen molar-refractivity contribution in [3.63, 3.8) is 0 Å². The molecular weight excluding hydrogens is 458 g/mol. The van der Waals surface area contributed by atoms with Crippen LogP contribution in [0.3, 0.4) is 0 Å². The zero-order valence-corrected chi connectivity index (χ0v) is 20.2. The van der Waals surface area contributed by atoms with Crippen LogP contribution in [0, 0.1) is 0 Å². The number of benzene rings is 2. The molecule has 7 nitrogen and oxygen atoms in total. The molecular formula is C24H28ClN5O2S. The highest BCUT2D eigenvalue weighted by atomic mass is 35.5. The molecule has 2 heterocycles. The van der Waals surface area contributed by atoms with Gasteiger partial charge in [0.1, 0.15) is 0 Å². The van der Waals surface area contributed by atoms with Crippen molar-refractivity contribution in [2.45, 2.75) is 31.3 Å². The number of nitrogens with zero attached hydrogens (tertiary/aromatic N) is 4. The standard InChI is InChI=1S/C24H28ClN5O2S/c1-2-30-23(19-8-10-20(25)11-9-19)27-28-24(30)33-17-22(31)26-14-21-16-29(12-13-32-21)15-18-6-4-3-5-7-18/h3-11,21H,2,12-17H2,1H3,(H,26,31). The van der Waals surface area contributed by atoms with E-state index in [-0.39, 0.29) is 17.8 Å². The summed E-state index contributed by atoms with van der Waals surface area (Å²) in [5.41, 5.74) is 2.23. The van der Waals surface area contributed by atoms with E-state index < -0.39 is 0 Å². The summed E-state index contributed by atoms with van der Waals surface area (Å²) in [4.78, 5) is 14.8. The van der Waals surface area contributed by atoms with Crippen LogP contribution in [-0.2, 0) is 22.6 Å². The maximum Gasteiger partial charge on any atom is 0.230 e. The predicted octanol–water partition coefficient (Wildman–Crippen LogP) is 3.73. The molecule has 0 aliphatic carbocycles. The molecule has 2 aromatic carbocycles. The molecule has 1 amide bonds. The summed E-state index contributed by atoms with van der Waals surface area (Å²) in [6, 6.07) is 17.9. The average molecular weight is 486 g/mol. The highest BCUT2D eigenvalue weighted by molar-refractivity contribution is 7.99. The fourth-order valence-corrected chi connectivity index (χ4v) is 4.75. The SMILES string of the molecule is CCn1c(SCC(=O)NCC2CN(Cc3ccccc3)CCO2)nnc1-c1ccc(Cl)cc1. The molecule has 1 N–H and O–H groups in total. The number of rotatable bonds is 9. The van der Waals surface area contributed by atoms with Gasteiger partial charge in [-0.15, -0.1) is 10.2 Å². The van der Waals surface area contributed by atoms with Gasteiger partial charge in [0.25, 0.3) is 0 Å². The number of carbonyl (C=O) groups excluding carboxylic acids is 1. The number of halogens is 1. The van der Waals surface area contributed by atoms with E-state index in [9.17, 15) is 4.79 Å². The molecule has 1 aromatic heterocycles. The van der Waals surface area contributed by atoms with Gasteiger partial charge in [0, 0.05) is 43.3 Å². The van der Waals surface area contributed by atoms with E-state index in [2.05, 4.69) is 44.7 Å². The molecule has 1 saturated heterocycles. The molecule has 3 aromatic rings. The van der Waals surface area contributed by atoms with Crippen molar-refractivity contribution in [2.24, 2.45) is 0 Å². The maximum absolute atomic E-state index is 12.5. The van der Waals surface area contributed by atoms with Gasteiger partial charge in [-0.25, -0.2) is 0 Å². The Morgan fingerprint density at radius 1 is 1.18 bits per heavy atom. The molecule has 0 saturated carbocycles. The van der Waals surface area contributed by atoms with Crippen molar-refractivity contribution in [3.05, 3.63) is 65.2 Å². The first-order valence-electron chi connectivity index (χ1n) is 11.1. The lowest BCUT2D eigenvalue weighted by molar-refractivity contribution is -0.119. The number of nitrogens with one attached hydrogen (secondary N) is 1. The fraction of sp³-hybridized carbons (Fsp3) is 0.375. The van der Waals surface area contributed by atoms with Crippen LogP contribution in [0.5, 0.6) is 0 Å². The van der Waals surface area contributed by atoms with E-state index in [4.69, 9.17) is 16.3 Å². The van der Waals surface area contributed by atoms with Crippen LogP contribution in [0.2, 0.25) is 5.02 Å². The third-order valence-corrected chi connectivity index (χ3v) is 6.69. The van der Waals surface area contributed by atoms with E-state index in [0.29, 0.717) is 24.7 Å². The first kappa shape index (κ1) is 23.8. The van der Waals surface area contributed by atoms with Crippen LogP contribution in [0.1, 0.15) is 12.5 Å². The molecule has 1 fully saturated rings. The Bertz CT molecular complexity index is 1040.